The SMILES string of the molecule is CC[C@]12CC[C@@H]3c4cc(OC)c(O)cc4CC[C@H]3[C@@H]1C=C[C@@H]2O. The lowest BCUT2D eigenvalue weighted by Crippen LogP contribution is -2.46. The minimum absolute atomic E-state index is 0.0552. The van der Waals surface area contributed by atoms with Crippen LogP contribution in [0.3, 0.4) is 0 Å². The normalized spacial score (nSPS) is 37.9. The fraction of sp³-hybridized carbons (Fsp3) is 0.600. The maximum atomic E-state index is 10.5. The molecule has 0 unspecified atom stereocenters. The van der Waals surface area contributed by atoms with Gasteiger partial charge in [0.15, 0.2) is 11.5 Å². The Morgan fingerprint density at radius 1 is 1.26 bits per heavy atom. The molecule has 3 nitrogen and oxygen atoms in total. The minimum Gasteiger partial charge on any atom is -0.504 e. The van der Waals surface area contributed by atoms with E-state index in [0.29, 0.717) is 23.5 Å². The van der Waals surface area contributed by atoms with Crippen molar-refractivity contribution in [1.29, 1.82) is 0 Å². The summed E-state index contributed by atoms with van der Waals surface area (Å²) in [5.41, 5.74) is 2.69. The molecule has 1 saturated carbocycles. The van der Waals surface area contributed by atoms with E-state index in [1.54, 1.807) is 7.11 Å². The van der Waals surface area contributed by atoms with Crippen LogP contribution >= 0.6 is 0 Å². The van der Waals surface area contributed by atoms with E-state index < -0.39 is 0 Å². The van der Waals surface area contributed by atoms with Gasteiger partial charge in [-0.05, 0) is 73.1 Å². The second-order valence-electron chi connectivity index (χ2n) is 7.51. The Kier molecular flexibility index (Phi) is 3.45. The van der Waals surface area contributed by atoms with Crippen LogP contribution in [0, 0.1) is 17.3 Å². The smallest absolute Gasteiger partial charge is 0.160 e. The molecule has 3 heteroatoms. The topological polar surface area (TPSA) is 49.7 Å². The van der Waals surface area contributed by atoms with Gasteiger partial charge in [-0.3, -0.25) is 0 Å². The van der Waals surface area contributed by atoms with E-state index in [-0.39, 0.29) is 17.3 Å². The lowest BCUT2D eigenvalue weighted by atomic mass is 9.54. The van der Waals surface area contributed by atoms with Gasteiger partial charge in [0, 0.05) is 5.41 Å². The van der Waals surface area contributed by atoms with Crippen LogP contribution in [0.2, 0.25) is 0 Å². The molecular formula is C20H26O3. The van der Waals surface area contributed by atoms with E-state index in [0.717, 1.165) is 32.1 Å². The first-order valence-corrected chi connectivity index (χ1v) is 8.87. The largest absolute Gasteiger partial charge is 0.504 e. The number of fused-ring (bicyclic) bond motifs is 5. The number of hydrogen-bond donors (Lipinski definition) is 2. The number of aryl methyl sites for hydroxylation is 1. The Balaban J connectivity index is 1.74. The molecule has 0 saturated heterocycles. The number of hydrogen-bond acceptors (Lipinski definition) is 3. The molecule has 1 fully saturated rings. The number of phenols is 1. The number of aliphatic hydroxyl groups excluding tert-OH is 1. The van der Waals surface area contributed by atoms with Gasteiger partial charge in [-0.1, -0.05) is 19.1 Å². The summed E-state index contributed by atoms with van der Waals surface area (Å²) in [6.45, 7) is 2.22. The van der Waals surface area contributed by atoms with Gasteiger partial charge in [-0.25, -0.2) is 0 Å². The summed E-state index contributed by atoms with van der Waals surface area (Å²) in [6.07, 6.45) is 9.43. The number of allylic oxidation sites excluding steroid dienone is 1. The zero-order valence-electron chi connectivity index (χ0n) is 14.0. The molecule has 3 aliphatic rings. The molecule has 1 aromatic carbocycles. The summed E-state index contributed by atoms with van der Waals surface area (Å²) in [7, 11) is 1.61. The molecule has 0 aliphatic heterocycles. The second-order valence-corrected chi connectivity index (χ2v) is 7.51. The fourth-order valence-electron chi connectivity index (χ4n) is 5.64. The number of benzene rings is 1. The number of ether oxygens (including phenoxy) is 1. The van der Waals surface area contributed by atoms with Gasteiger partial charge in [0.05, 0.1) is 13.2 Å². The molecule has 3 aliphatic carbocycles. The first kappa shape index (κ1) is 15.1. The van der Waals surface area contributed by atoms with Gasteiger partial charge < -0.3 is 14.9 Å². The molecule has 4 rings (SSSR count). The lowest BCUT2D eigenvalue weighted by molar-refractivity contribution is -0.0274. The van der Waals surface area contributed by atoms with E-state index in [1.807, 2.05) is 12.1 Å². The van der Waals surface area contributed by atoms with Crippen LogP contribution < -0.4 is 4.74 Å². The van der Waals surface area contributed by atoms with Gasteiger partial charge >= 0.3 is 0 Å². The molecule has 1 aromatic rings. The number of rotatable bonds is 2. The van der Waals surface area contributed by atoms with Crippen molar-refractivity contribution in [1.82, 2.24) is 0 Å². The lowest BCUT2D eigenvalue weighted by Gasteiger charge is -2.51. The van der Waals surface area contributed by atoms with Gasteiger partial charge in [-0.15, -0.1) is 0 Å². The number of aromatic hydroxyl groups is 1. The van der Waals surface area contributed by atoms with E-state index in [2.05, 4.69) is 19.1 Å². The Labute approximate surface area is 138 Å². The predicted molar refractivity (Wildman–Crippen MR) is 89.8 cm³/mol. The third-order valence-electron chi connectivity index (χ3n) is 6.90. The highest BCUT2D eigenvalue weighted by Gasteiger charge is 2.53. The average Bonchev–Trinajstić information content (AvgIpc) is 2.91. The summed E-state index contributed by atoms with van der Waals surface area (Å²) < 4.78 is 5.33. The van der Waals surface area contributed by atoms with Gasteiger partial charge in [-0.2, -0.15) is 0 Å². The molecule has 0 radical (unpaired) electrons. The van der Waals surface area contributed by atoms with Crippen LogP contribution in [0.25, 0.3) is 0 Å². The maximum absolute atomic E-state index is 10.5. The zero-order chi connectivity index (χ0) is 16.2. The van der Waals surface area contributed by atoms with E-state index in [9.17, 15) is 10.2 Å². The summed E-state index contributed by atoms with van der Waals surface area (Å²) in [5.74, 6) is 2.43. The summed E-state index contributed by atoms with van der Waals surface area (Å²) in [6, 6.07) is 3.95. The molecule has 0 amide bonds. The van der Waals surface area contributed by atoms with Crippen molar-refractivity contribution in [2.24, 2.45) is 17.3 Å². The predicted octanol–water partition coefficient (Wildman–Crippen LogP) is 3.78. The fourth-order valence-corrected chi connectivity index (χ4v) is 5.64. The standard InChI is InChI=1S/C20H26O3/c1-3-20-9-8-13-14(16(20)6-7-19(20)22)5-4-12-10-17(21)18(23-2)11-15(12)13/h6-7,10-11,13-14,16,19,21-22H,3-5,8-9H2,1-2H3/t13-,14+,16-,19-,20-/m0/s1. The van der Waals surface area contributed by atoms with Crippen molar-refractivity contribution in [2.45, 2.75) is 51.0 Å². The van der Waals surface area contributed by atoms with Crippen molar-refractivity contribution in [3.8, 4) is 11.5 Å². The molecule has 124 valence electrons. The molecule has 2 N–H and O–H groups in total. The van der Waals surface area contributed by atoms with Crippen LogP contribution in [-0.2, 0) is 6.42 Å². The summed E-state index contributed by atoms with van der Waals surface area (Å²) in [4.78, 5) is 0. The summed E-state index contributed by atoms with van der Waals surface area (Å²) >= 11 is 0. The van der Waals surface area contributed by atoms with Crippen LogP contribution in [0.5, 0.6) is 11.5 Å². The minimum atomic E-state index is -0.283. The van der Waals surface area contributed by atoms with Gasteiger partial charge in [0.2, 0.25) is 0 Å². The van der Waals surface area contributed by atoms with E-state index >= 15 is 0 Å². The molecule has 23 heavy (non-hydrogen) atoms. The molecule has 0 bridgehead atoms. The van der Waals surface area contributed by atoms with Gasteiger partial charge in [0.25, 0.3) is 0 Å². The Morgan fingerprint density at radius 3 is 2.83 bits per heavy atom. The van der Waals surface area contributed by atoms with Crippen molar-refractivity contribution in [3.63, 3.8) is 0 Å². The van der Waals surface area contributed by atoms with Crippen molar-refractivity contribution >= 4 is 0 Å². The molecule has 0 heterocycles. The monoisotopic (exact) mass is 314 g/mol. The van der Waals surface area contributed by atoms with Crippen LogP contribution in [0.15, 0.2) is 24.3 Å². The van der Waals surface area contributed by atoms with Crippen LogP contribution in [0.1, 0.15) is 49.7 Å². The third-order valence-corrected chi connectivity index (χ3v) is 6.90. The Bertz CT molecular complexity index is 651. The van der Waals surface area contributed by atoms with Gasteiger partial charge in [0.1, 0.15) is 0 Å². The molecular weight excluding hydrogens is 288 g/mol. The molecule has 5 atom stereocenters. The number of aliphatic hydroxyl groups is 1. The second kappa shape index (κ2) is 5.27. The zero-order valence-corrected chi connectivity index (χ0v) is 14.0. The van der Waals surface area contributed by atoms with E-state index in [1.165, 1.54) is 11.1 Å². The van der Waals surface area contributed by atoms with Crippen molar-refractivity contribution in [3.05, 3.63) is 35.4 Å². The highest BCUT2D eigenvalue weighted by atomic mass is 16.5. The van der Waals surface area contributed by atoms with E-state index in [4.69, 9.17) is 4.74 Å². The van der Waals surface area contributed by atoms with Crippen molar-refractivity contribution < 1.29 is 14.9 Å². The molecule has 0 aromatic heterocycles. The first-order chi connectivity index (χ1) is 11.1. The highest BCUT2D eigenvalue weighted by molar-refractivity contribution is 5.49. The van der Waals surface area contributed by atoms with Crippen LogP contribution in [0.4, 0.5) is 0 Å². The third kappa shape index (κ3) is 1.99. The Hall–Kier alpha value is -1.48. The first-order valence-electron chi connectivity index (χ1n) is 8.87. The highest BCUT2D eigenvalue weighted by Crippen LogP contribution is 2.60. The molecule has 0 spiro atoms. The Morgan fingerprint density at radius 2 is 2.09 bits per heavy atom. The summed E-state index contributed by atoms with van der Waals surface area (Å²) in [5, 5.41) is 20.6. The average molecular weight is 314 g/mol. The number of phenolic OH excluding ortho intramolecular Hbond substituents is 1. The quantitative estimate of drug-likeness (QED) is 0.817. The maximum Gasteiger partial charge on any atom is 0.160 e. The number of methoxy groups -OCH3 is 1. The van der Waals surface area contributed by atoms with Crippen LogP contribution in [-0.4, -0.2) is 23.4 Å². The van der Waals surface area contributed by atoms with Crippen molar-refractivity contribution in [2.75, 3.05) is 7.11 Å².